The maximum atomic E-state index is 13.2. The molecule has 0 spiro atoms. The van der Waals surface area contributed by atoms with Gasteiger partial charge < -0.3 is 15.2 Å². The van der Waals surface area contributed by atoms with Crippen LogP contribution in [-0.2, 0) is 4.79 Å². The van der Waals surface area contributed by atoms with Gasteiger partial charge in [-0.05, 0) is 30.7 Å². The Labute approximate surface area is 141 Å². The summed E-state index contributed by atoms with van der Waals surface area (Å²) in [7, 11) is 0. The first-order chi connectivity index (χ1) is 11.5. The monoisotopic (exact) mass is 349 g/mol. The Kier molecular flexibility index (Phi) is 4.35. The fourth-order valence-corrected chi connectivity index (χ4v) is 2.71. The van der Waals surface area contributed by atoms with Crippen LogP contribution >= 0.6 is 11.6 Å². The molecule has 1 aliphatic rings. The summed E-state index contributed by atoms with van der Waals surface area (Å²) in [6.45, 7) is 0.372. The molecule has 1 aliphatic heterocycles. The Morgan fingerprint density at radius 3 is 2.79 bits per heavy atom. The summed E-state index contributed by atoms with van der Waals surface area (Å²) >= 11 is 5.74. The lowest BCUT2D eigenvalue weighted by Gasteiger charge is -2.17. The number of benzene rings is 1. The predicted octanol–water partition coefficient (Wildman–Crippen LogP) is 1.70. The van der Waals surface area contributed by atoms with Gasteiger partial charge in [0.2, 0.25) is 11.5 Å². The number of aromatic nitrogens is 1. The largest absolute Gasteiger partial charge is 0.339 e. The average Bonchev–Trinajstić information content (AvgIpc) is 2.91. The lowest BCUT2D eigenvalue weighted by molar-refractivity contribution is -0.118. The Hall–Kier alpha value is -2.67. The summed E-state index contributed by atoms with van der Waals surface area (Å²) in [6, 6.07) is 7.49. The summed E-state index contributed by atoms with van der Waals surface area (Å²) < 4.78 is 13.2. The number of hydrogen-bond acceptors (Lipinski definition) is 3. The van der Waals surface area contributed by atoms with Crippen molar-refractivity contribution in [3.63, 3.8) is 0 Å². The molecule has 0 radical (unpaired) electrons. The first-order valence-electron chi connectivity index (χ1n) is 7.22. The van der Waals surface area contributed by atoms with E-state index in [0.29, 0.717) is 18.7 Å². The van der Waals surface area contributed by atoms with Crippen LogP contribution in [0.4, 0.5) is 10.1 Å². The molecule has 0 aliphatic carbocycles. The number of hydrogen-bond donors (Lipinski definition) is 2. The van der Waals surface area contributed by atoms with E-state index in [1.807, 2.05) is 0 Å². The van der Waals surface area contributed by atoms with Crippen molar-refractivity contribution in [1.82, 2.24) is 10.3 Å². The third kappa shape index (κ3) is 3.16. The standard InChI is InChI=1S/C16H13ClFN3O3/c17-10-8-9(4-5-11(10)18)21-7-6-13(16(21)24)20-15(23)12-2-1-3-14(22)19-12/h1-5,8,13H,6-7H2,(H,19,22)(H,20,23). The zero-order valence-corrected chi connectivity index (χ0v) is 13.1. The molecule has 1 aromatic heterocycles. The van der Waals surface area contributed by atoms with Crippen molar-refractivity contribution in [2.45, 2.75) is 12.5 Å². The predicted molar refractivity (Wildman–Crippen MR) is 86.7 cm³/mol. The molecule has 1 atom stereocenters. The van der Waals surface area contributed by atoms with E-state index in [0.717, 1.165) is 0 Å². The average molecular weight is 350 g/mol. The van der Waals surface area contributed by atoms with Crippen LogP contribution in [-0.4, -0.2) is 29.4 Å². The quantitative estimate of drug-likeness (QED) is 0.885. The first-order valence-corrected chi connectivity index (χ1v) is 7.60. The van der Waals surface area contributed by atoms with Gasteiger partial charge in [-0.2, -0.15) is 0 Å². The third-order valence-corrected chi connectivity index (χ3v) is 4.03. The van der Waals surface area contributed by atoms with Crippen LogP contribution in [0.25, 0.3) is 0 Å². The van der Waals surface area contributed by atoms with Gasteiger partial charge in [-0.25, -0.2) is 4.39 Å². The van der Waals surface area contributed by atoms with Crippen LogP contribution in [0.1, 0.15) is 16.9 Å². The molecule has 1 fully saturated rings. The number of nitrogens with zero attached hydrogens (tertiary/aromatic N) is 1. The zero-order chi connectivity index (χ0) is 17.3. The highest BCUT2D eigenvalue weighted by Crippen LogP contribution is 2.26. The van der Waals surface area contributed by atoms with Crippen LogP contribution in [0.15, 0.2) is 41.2 Å². The molecular weight excluding hydrogens is 337 g/mol. The number of aromatic amines is 1. The van der Waals surface area contributed by atoms with Gasteiger partial charge >= 0.3 is 0 Å². The molecule has 1 saturated heterocycles. The number of carbonyl (C=O) groups is 2. The number of nitrogens with one attached hydrogen (secondary N) is 2. The molecule has 6 nitrogen and oxygen atoms in total. The van der Waals surface area contributed by atoms with E-state index in [9.17, 15) is 18.8 Å². The molecule has 1 aromatic carbocycles. The van der Waals surface area contributed by atoms with E-state index >= 15 is 0 Å². The minimum absolute atomic E-state index is 0.0744. The van der Waals surface area contributed by atoms with Crippen molar-refractivity contribution < 1.29 is 14.0 Å². The fourth-order valence-electron chi connectivity index (χ4n) is 2.54. The number of H-pyrrole nitrogens is 1. The number of pyridine rings is 1. The van der Waals surface area contributed by atoms with E-state index in [2.05, 4.69) is 10.3 Å². The second-order valence-electron chi connectivity index (χ2n) is 5.33. The van der Waals surface area contributed by atoms with Gasteiger partial charge in [-0.1, -0.05) is 17.7 Å². The van der Waals surface area contributed by atoms with E-state index in [1.54, 1.807) is 0 Å². The molecule has 24 heavy (non-hydrogen) atoms. The molecule has 8 heteroatoms. The summed E-state index contributed by atoms with van der Waals surface area (Å²) in [5.74, 6) is -1.42. The van der Waals surface area contributed by atoms with Crippen LogP contribution in [0.5, 0.6) is 0 Å². The number of halogens is 2. The smallest absolute Gasteiger partial charge is 0.268 e. The summed E-state index contributed by atoms with van der Waals surface area (Å²) in [6.07, 6.45) is 0.399. The van der Waals surface area contributed by atoms with E-state index in [-0.39, 0.29) is 16.6 Å². The molecule has 124 valence electrons. The van der Waals surface area contributed by atoms with Gasteiger partial charge in [-0.15, -0.1) is 0 Å². The van der Waals surface area contributed by atoms with Crippen molar-refractivity contribution in [2.75, 3.05) is 11.4 Å². The summed E-state index contributed by atoms with van der Waals surface area (Å²) in [4.78, 5) is 39.6. The molecule has 1 unspecified atom stereocenters. The summed E-state index contributed by atoms with van der Waals surface area (Å²) in [5, 5.41) is 2.52. The van der Waals surface area contributed by atoms with E-state index in [4.69, 9.17) is 11.6 Å². The van der Waals surface area contributed by atoms with Gasteiger partial charge in [0, 0.05) is 18.3 Å². The minimum Gasteiger partial charge on any atom is -0.339 e. The molecule has 3 rings (SSSR count). The van der Waals surface area contributed by atoms with Crippen LogP contribution in [0.3, 0.4) is 0 Å². The Balaban J connectivity index is 1.73. The van der Waals surface area contributed by atoms with Gasteiger partial charge in [0.25, 0.3) is 5.91 Å². The molecule has 0 bridgehead atoms. The lowest BCUT2D eigenvalue weighted by atomic mass is 10.2. The van der Waals surface area contributed by atoms with Gasteiger partial charge in [0.05, 0.1) is 5.02 Å². The van der Waals surface area contributed by atoms with E-state index < -0.39 is 23.3 Å². The molecule has 2 aromatic rings. The highest BCUT2D eigenvalue weighted by Gasteiger charge is 2.34. The third-order valence-electron chi connectivity index (χ3n) is 3.74. The highest BCUT2D eigenvalue weighted by atomic mass is 35.5. The Morgan fingerprint density at radius 2 is 2.08 bits per heavy atom. The maximum absolute atomic E-state index is 13.2. The van der Waals surface area contributed by atoms with Crippen molar-refractivity contribution in [3.05, 3.63) is 63.3 Å². The van der Waals surface area contributed by atoms with E-state index in [1.165, 1.54) is 41.3 Å². The fraction of sp³-hybridized carbons (Fsp3) is 0.188. The van der Waals surface area contributed by atoms with Crippen LogP contribution in [0.2, 0.25) is 5.02 Å². The lowest BCUT2D eigenvalue weighted by Crippen LogP contribution is -2.42. The number of rotatable bonds is 3. The molecule has 2 amide bonds. The molecular formula is C16H13ClFN3O3. The number of amides is 2. The molecule has 0 saturated carbocycles. The summed E-state index contributed by atoms with van der Waals surface area (Å²) in [5.41, 5.74) is 0.151. The van der Waals surface area contributed by atoms with Crippen LogP contribution < -0.4 is 15.8 Å². The van der Waals surface area contributed by atoms with Gasteiger partial charge in [-0.3, -0.25) is 14.4 Å². The number of anilines is 1. The van der Waals surface area contributed by atoms with Crippen molar-refractivity contribution in [3.8, 4) is 0 Å². The Bertz CT molecular complexity index is 868. The van der Waals surface area contributed by atoms with Crippen molar-refractivity contribution >= 4 is 29.1 Å². The second kappa shape index (κ2) is 6.45. The van der Waals surface area contributed by atoms with Crippen LogP contribution in [0, 0.1) is 5.82 Å². The zero-order valence-electron chi connectivity index (χ0n) is 12.4. The topological polar surface area (TPSA) is 82.3 Å². The normalized spacial score (nSPS) is 17.2. The SMILES string of the molecule is O=C(NC1CCN(c2ccc(F)c(Cl)c2)C1=O)c1cccc(=O)[nH]1. The highest BCUT2D eigenvalue weighted by molar-refractivity contribution is 6.31. The number of carbonyl (C=O) groups excluding carboxylic acids is 2. The Morgan fingerprint density at radius 1 is 1.29 bits per heavy atom. The maximum Gasteiger partial charge on any atom is 0.268 e. The van der Waals surface area contributed by atoms with Gasteiger partial charge in [0.15, 0.2) is 0 Å². The molecule has 2 heterocycles. The van der Waals surface area contributed by atoms with Crippen molar-refractivity contribution in [1.29, 1.82) is 0 Å². The second-order valence-corrected chi connectivity index (χ2v) is 5.74. The minimum atomic E-state index is -0.718. The van der Waals surface area contributed by atoms with Gasteiger partial charge in [0.1, 0.15) is 17.6 Å². The first kappa shape index (κ1) is 16.2. The molecule has 2 N–H and O–H groups in total. The van der Waals surface area contributed by atoms with Crippen molar-refractivity contribution in [2.24, 2.45) is 0 Å².